The van der Waals surface area contributed by atoms with E-state index in [1.54, 1.807) is 0 Å². The van der Waals surface area contributed by atoms with Crippen LogP contribution in [-0.2, 0) is 10.2 Å². The van der Waals surface area contributed by atoms with Crippen molar-refractivity contribution in [1.29, 1.82) is 0 Å². The van der Waals surface area contributed by atoms with Gasteiger partial charge in [0.25, 0.3) is 0 Å². The molecule has 0 amide bonds. The summed E-state index contributed by atoms with van der Waals surface area (Å²) in [5.41, 5.74) is 0. The summed E-state index contributed by atoms with van der Waals surface area (Å²) in [6, 6.07) is 0. The van der Waals surface area contributed by atoms with Crippen LogP contribution in [-0.4, -0.2) is 13.7 Å². The Labute approximate surface area is 67.0 Å². The van der Waals surface area contributed by atoms with Gasteiger partial charge in [0.1, 0.15) is 0 Å². The molecule has 0 aromatic rings. The summed E-state index contributed by atoms with van der Waals surface area (Å²) in [4.78, 5) is 0. The summed E-state index contributed by atoms with van der Waals surface area (Å²) in [6.07, 6.45) is 2.88. The predicted molar refractivity (Wildman–Crippen MR) is 41.4 cm³/mol. The Balaban J connectivity index is 2.60. The van der Waals surface area contributed by atoms with Crippen LogP contribution in [0.5, 0.6) is 0 Å². The summed E-state index contributed by atoms with van der Waals surface area (Å²) in [7, 11) is -4.26. The minimum atomic E-state index is -4.26. The highest BCUT2D eigenvalue weighted by Crippen LogP contribution is 2.28. The van der Waals surface area contributed by atoms with Gasteiger partial charge in [0.15, 0.2) is 0 Å². The lowest BCUT2D eigenvalue weighted by molar-refractivity contribution is 0.374. The van der Waals surface area contributed by atoms with E-state index in [1.165, 1.54) is 0 Å². The highest BCUT2D eigenvalue weighted by Gasteiger charge is 2.29. The topological polar surface area (TPSA) is 34.1 Å². The molecular formula is C7H13FO2S. The van der Waals surface area contributed by atoms with Crippen molar-refractivity contribution < 1.29 is 12.3 Å². The van der Waals surface area contributed by atoms with Crippen molar-refractivity contribution in [3.8, 4) is 0 Å². The first-order valence-electron chi connectivity index (χ1n) is 3.93. The van der Waals surface area contributed by atoms with E-state index in [0.29, 0.717) is 18.8 Å². The normalized spacial score (nSPS) is 33.6. The minimum absolute atomic E-state index is 0.360. The first-order valence-corrected chi connectivity index (χ1v) is 5.38. The van der Waals surface area contributed by atoms with Crippen LogP contribution in [0.25, 0.3) is 0 Å². The molecule has 2 nitrogen and oxygen atoms in total. The summed E-state index contributed by atoms with van der Waals surface area (Å²) in [5.74, 6) is 0.360. The third kappa shape index (κ3) is 2.43. The molecule has 0 bridgehead atoms. The van der Waals surface area contributed by atoms with Gasteiger partial charge in [-0.25, -0.2) is 0 Å². The monoisotopic (exact) mass is 180 g/mol. The molecule has 1 saturated carbocycles. The van der Waals surface area contributed by atoms with Gasteiger partial charge in [-0.15, -0.1) is 3.89 Å². The van der Waals surface area contributed by atoms with Gasteiger partial charge in [-0.1, -0.05) is 19.8 Å². The first-order chi connectivity index (χ1) is 5.00. The van der Waals surface area contributed by atoms with Crippen LogP contribution in [0.4, 0.5) is 3.89 Å². The van der Waals surface area contributed by atoms with Crippen molar-refractivity contribution in [2.75, 3.05) is 0 Å². The molecule has 0 spiro atoms. The molecular weight excluding hydrogens is 167 g/mol. The molecule has 0 N–H and O–H groups in total. The van der Waals surface area contributed by atoms with Gasteiger partial charge < -0.3 is 0 Å². The van der Waals surface area contributed by atoms with Gasteiger partial charge in [-0.2, -0.15) is 8.42 Å². The first kappa shape index (κ1) is 8.97. The van der Waals surface area contributed by atoms with E-state index < -0.39 is 15.5 Å². The third-order valence-electron chi connectivity index (χ3n) is 2.29. The highest BCUT2D eigenvalue weighted by molar-refractivity contribution is 7.87. The second-order valence-electron chi connectivity index (χ2n) is 3.37. The zero-order valence-electron chi connectivity index (χ0n) is 6.59. The average Bonchev–Trinajstić information content (AvgIpc) is 1.86. The van der Waals surface area contributed by atoms with Crippen molar-refractivity contribution in [3.63, 3.8) is 0 Å². The van der Waals surface area contributed by atoms with Gasteiger partial charge in [-0.3, -0.25) is 0 Å². The molecule has 4 heteroatoms. The Hall–Kier alpha value is -0.120. The van der Waals surface area contributed by atoms with E-state index in [9.17, 15) is 12.3 Å². The fourth-order valence-electron chi connectivity index (χ4n) is 1.63. The summed E-state index contributed by atoms with van der Waals surface area (Å²) in [5, 5.41) is -0.716. The molecule has 1 rings (SSSR count). The quantitative estimate of drug-likeness (QED) is 0.577. The van der Waals surface area contributed by atoms with Crippen LogP contribution < -0.4 is 0 Å². The van der Waals surface area contributed by atoms with Crippen LogP contribution in [0.3, 0.4) is 0 Å². The lowest BCUT2D eigenvalue weighted by atomic mass is 9.91. The molecule has 0 aliphatic heterocycles. The SMILES string of the molecule is CC1CCCC(S(=O)(=O)F)C1. The molecule has 66 valence electrons. The second kappa shape index (κ2) is 3.09. The largest absolute Gasteiger partial charge is 0.305 e. The van der Waals surface area contributed by atoms with Crippen molar-refractivity contribution in [1.82, 2.24) is 0 Å². The van der Waals surface area contributed by atoms with Gasteiger partial charge in [0, 0.05) is 0 Å². The third-order valence-corrected chi connectivity index (χ3v) is 3.51. The van der Waals surface area contributed by atoms with Crippen LogP contribution in [0, 0.1) is 5.92 Å². The Morgan fingerprint density at radius 3 is 2.36 bits per heavy atom. The average molecular weight is 180 g/mol. The second-order valence-corrected chi connectivity index (χ2v) is 4.99. The van der Waals surface area contributed by atoms with Crippen LogP contribution >= 0.6 is 0 Å². The lowest BCUT2D eigenvalue weighted by Gasteiger charge is -2.23. The van der Waals surface area contributed by atoms with Crippen LogP contribution in [0.15, 0.2) is 0 Å². The molecule has 2 unspecified atom stereocenters. The number of hydrogen-bond acceptors (Lipinski definition) is 2. The summed E-state index contributed by atoms with van der Waals surface area (Å²) in [6.45, 7) is 1.97. The fraction of sp³-hybridized carbons (Fsp3) is 1.00. The van der Waals surface area contributed by atoms with E-state index in [-0.39, 0.29) is 0 Å². The predicted octanol–water partition coefficient (Wildman–Crippen LogP) is 1.86. The summed E-state index contributed by atoms with van der Waals surface area (Å²) < 4.78 is 33.4. The smallest absolute Gasteiger partial charge is 0.195 e. The van der Waals surface area contributed by atoms with Gasteiger partial charge in [0.2, 0.25) is 0 Å². The molecule has 1 aliphatic rings. The zero-order valence-corrected chi connectivity index (χ0v) is 7.40. The highest BCUT2D eigenvalue weighted by atomic mass is 32.3. The molecule has 1 aliphatic carbocycles. The van der Waals surface area contributed by atoms with E-state index in [4.69, 9.17) is 0 Å². The maximum atomic E-state index is 12.4. The Morgan fingerprint density at radius 1 is 1.36 bits per heavy atom. The Kier molecular flexibility index (Phi) is 2.52. The van der Waals surface area contributed by atoms with E-state index in [1.807, 2.05) is 6.92 Å². The van der Waals surface area contributed by atoms with Gasteiger partial charge in [-0.05, 0) is 18.8 Å². The van der Waals surface area contributed by atoms with Gasteiger partial charge >= 0.3 is 10.2 Å². The van der Waals surface area contributed by atoms with Crippen molar-refractivity contribution in [3.05, 3.63) is 0 Å². The molecule has 11 heavy (non-hydrogen) atoms. The molecule has 2 atom stereocenters. The Bertz CT molecular complexity index is 223. The van der Waals surface area contributed by atoms with Crippen LogP contribution in [0.1, 0.15) is 32.6 Å². The Morgan fingerprint density at radius 2 is 2.00 bits per heavy atom. The molecule has 0 heterocycles. The molecule has 1 fully saturated rings. The number of halogens is 1. The molecule has 0 saturated heterocycles. The minimum Gasteiger partial charge on any atom is -0.195 e. The van der Waals surface area contributed by atoms with E-state index >= 15 is 0 Å². The van der Waals surface area contributed by atoms with Crippen molar-refractivity contribution in [2.24, 2.45) is 5.92 Å². The van der Waals surface area contributed by atoms with Crippen LogP contribution in [0.2, 0.25) is 0 Å². The molecule has 0 aromatic carbocycles. The molecule has 0 aromatic heterocycles. The van der Waals surface area contributed by atoms with Gasteiger partial charge in [0.05, 0.1) is 5.25 Å². The molecule has 0 radical (unpaired) electrons. The number of rotatable bonds is 1. The zero-order chi connectivity index (χ0) is 8.48. The fourth-order valence-corrected chi connectivity index (χ4v) is 2.64. The maximum absolute atomic E-state index is 12.4. The summed E-state index contributed by atoms with van der Waals surface area (Å²) >= 11 is 0. The van der Waals surface area contributed by atoms with Crippen molar-refractivity contribution >= 4 is 10.2 Å². The number of hydrogen-bond donors (Lipinski definition) is 0. The van der Waals surface area contributed by atoms with E-state index in [2.05, 4.69) is 0 Å². The van der Waals surface area contributed by atoms with Crippen molar-refractivity contribution in [2.45, 2.75) is 37.9 Å². The van der Waals surface area contributed by atoms with E-state index in [0.717, 1.165) is 12.8 Å². The standard InChI is InChI=1S/C7H13FO2S/c1-6-3-2-4-7(5-6)11(8,9)10/h6-7H,2-5H2,1H3. The lowest BCUT2D eigenvalue weighted by Crippen LogP contribution is -2.24. The maximum Gasteiger partial charge on any atom is 0.305 e.